The van der Waals surface area contributed by atoms with Crippen LogP contribution in [-0.4, -0.2) is 39.7 Å². The molecule has 2 rings (SSSR count). The van der Waals surface area contributed by atoms with Crippen molar-refractivity contribution in [3.63, 3.8) is 0 Å². The predicted molar refractivity (Wildman–Crippen MR) is 125 cm³/mol. The number of urea groups is 1. The molecule has 0 aliphatic heterocycles. The van der Waals surface area contributed by atoms with Crippen molar-refractivity contribution in [1.29, 1.82) is 0 Å². The molecule has 164 valence electrons. The van der Waals surface area contributed by atoms with Gasteiger partial charge < -0.3 is 15.5 Å². The summed E-state index contributed by atoms with van der Waals surface area (Å²) in [6.45, 7) is 14.5. The van der Waals surface area contributed by atoms with E-state index in [0.717, 1.165) is 10.2 Å². The Labute approximate surface area is 187 Å². The number of benzene rings is 1. The van der Waals surface area contributed by atoms with E-state index in [1.54, 1.807) is 6.07 Å². The van der Waals surface area contributed by atoms with Gasteiger partial charge in [-0.25, -0.2) is 9.48 Å². The average Bonchev–Trinajstić information content (AvgIpc) is 3.04. The highest BCUT2D eigenvalue weighted by atomic mass is 79.9. The van der Waals surface area contributed by atoms with E-state index in [-0.39, 0.29) is 29.4 Å². The highest BCUT2D eigenvalue weighted by Gasteiger charge is 2.26. The summed E-state index contributed by atoms with van der Waals surface area (Å²) in [7, 11) is 0. The maximum absolute atomic E-state index is 12.7. The van der Waals surface area contributed by atoms with Crippen molar-refractivity contribution in [3.8, 4) is 0 Å². The minimum Gasteiger partial charge on any atom is -0.315 e. The van der Waals surface area contributed by atoms with E-state index in [2.05, 4.69) is 47.3 Å². The van der Waals surface area contributed by atoms with Gasteiger partial charge in [0.2, 0.25) is 5.91 Å². The standard InChI is InChI=1S/C22H32BrN5O2/c1-8-27(20(30)24-16-11-9-10-15(23)12-16)14-19(29)25-18-13-17(21(2,3)4)26-28(18)22(5,6)7/h9-13H,8,14H2,1-7H3,(H,24,30)(H,25,29). The first-order valence-electron chi connectivity index (χ1n) is 10.0. The summed E-state index contributed by atoms with van der Waals surface area (Å²) >= 11 is 3.38. The van der Waals surface area contributed by atoms with Crippen molar-refractivity contribution >= 4 is 39.4 Å². The zero-order valence-electron chi connectivity index (χ0n) is 18.8. The molecule has 0 aliphatic rings. The summed E-state index contributed by atoms with van der Waals surface area (Å²) in [5, 5.41) is 10.5. The number of halogens is 1. The number of carbonyl (C=O) groups excluding carboxylic acids is 2. The fourth-order valence-corrected chi connectivity index (χ4v) is 3.20. The zero-order valence-corrected chi connectivity index (χ0v) is 20.4. The van der Waals surface area contributed by atoms with Crippen LogP contribution in [0.3, 0.4) is 0 Å². The predicted octanol–water partition coefficient (Wildman–Crippen LogP) is 5.19. The van der Waals surface area contributed by atoms with Gasteiger partial charge in [-0.2, -0.15) is 5.10 Å². The fraction of sp³-hybridized carbons (Fsp3) is 0.500. The molecule has 0 aliphatic carbocycles. The van der Waals surface area contributed by atoms with Crippen LogP contribution < -0.4 is 10.6 Å². The van der Waals surface area contributed by atoms with Gasteiger partial charge >= 0.3 is 6.03 Å². The molecule has 0 unspecified atom stereocenters. The normalized spacial score (nSPS) is 11.9. The summed E-state index contributed by atoms with van der Waals surface area (Å²) in [6.07, 6.45) is 0. The average molecular weight is 478 g/mol. The molecule has 7 nitrogen and oxygen atoms in total. The van der Waals surface area contributed by atoms with E-state index in [9.17, 15) is 9.59 Å². The van der Waals surface area contributed by atoms with Gasteiger partial charge in [0.05, 0.1) is 11.2 Å². The highest BCUT2D eigenvalue weighted by molar-refractivity contribution is 9.10. The SMILES string of the molecule is CCN(CC(=O)Nc1cc(C(C)(C)C)nn1C(C)(C)C)C(=O)Nc1cccc(Br)c1. The number of aromatic nitrogens is 2. The monoisotopic (exact) mass is 477 g/mol. The molecule has 3 amide bonds. The number of nitrogens with zero attached hydrogens (tertiary/aromatic N) is 3. The van der Waals surface area contributed by atoms with Crippen LogP contribution in [-0.2, 0) is 15.7 Å². The van der Waals surface area contributed by atoms with E-state index < -0.39 is 0 Å². The van der Waals surface area contributed by atoms with Gasteiger partial charge in [-0.15, -0.1) is 0 Å². The second kappa shape index (κ2) is 9.20. The molecule has 1 aromatic carbocycles. The number of amides is 3. The molecule has 0 fully saturated rings. The van der Waals surface area contributed by atoms with E-state index >= 15 is 0 Å². The fourth-order valence-electron chi connectivity index (χ4n) is 2.80. The maximum atomic E-state index is 12.7. The van der Waals surface area contributed by atoms with Crippen LogP contribution in [0.1, 0.15) is 54.2 Å². The number of hydrogen-bond acceptors (Lipinski definition) is 3. The van der Waals surface area contributed by atoms with E-state index in [1.165, 1.54) is 4.90 Å². The van der Waals surface area contributed by atoms with Crippen molar-refractivity contribution in [2.24, 2.45) is 0 Å². The smallest absolute Gasteiger partial charge is 0.315 e. The molecule has 0 atom stereocenters. The molecule has 30 heavy (non-hydrogen) atoms. The molecule has 2 N–H and O–H groups in total. The largest absolute Gasteiger partial charge is 0.322 e. The lowest BCUT2D eigenvalue weighted by molar-refractivity contribution is -0.116. The van der Waals surface area contributed by atoms with Crippen LogP contribution in [0.2, 0.25) is 0 Å². The number of anilines is 2. The van der Waals surface area contributed by atoms with Gasteiger partial charge in [0.15, 0.2) is 0 Å². The second-order valence-corrected chi connectivity index (χ2v) is 10.2. The molecule has 0 bridgehead atoms. The Morgan fingerprint density at radius 3 is 2.30 bits per heavy atom. The highest BCUT2D eigenvalue weighted by Crippen LogP contribution is 2.28. The van der Waals surface area contributed by atoms with Crippen molar-refractivity contribution in [2.45, 2.75) is 59.4 Å². The summed E-state index contributed by atoms with van der Waals surface area (Å²) in [4.78, 5) is 26.8. The summed E-state index contributed by atoms with van der Waals surface area (Å²) in [5.74, 6) is 0.355. The van der Waals surface area contributed by atoms with Crippen LogP contribution in [0, 0.1) is 0 Å². The Morgan fingerprint density at radius 1 is 1.10 bits per heavy atom. The minimum atomic E-state index is -0.328. The van der Waals surface area contributed by atoms with Crippen LogP contribution in [0.5, 0.6) is 0 Å². The molecule has 8 heteroatoms. The first-order chi connectivity index (χ1) is 13.8. The summed E-state index contributed by atoms with van der Waals surface area (Å²) in [5.41, 5.74) is 1.12. The number of likely N-dealkylation sites (N-methyl/N-ethyl adjacent to an activating group) is 1. The molecule has 0 radical (unpaired) electrons. The Morgan fingerprint density at radius 2 is 1.77 bits per heavy atom. The Balaban J connectivity index is 2.13. The van der Waals surface area contributed by atoms with Crippen LogP contribution in [0.25, 0.3) is 0 Å². The number of nitrogens with one attached hydrogen (secondary N) is 2. The lowest BCUT2D eigenvalue weighted by Crippen LogP contribution is -2.41. The van der Waals surface area contributed by atoms with Gasteiger partial charge in [-0.1, -0.05) is 42.8 Å². The molecule has 2 aromatic rings. The van der Waals surface area contributed by atoms with Gasteiger partial charge in [0, 0.05) is 28.2 Å². The molecular weight excluding hydrogens is 446 g/mol. The molecule has 0 saturated heterocycles. The molecule has 0 saturated carbocycles. The van der Waals surface area contributed by atoms with Gasteiger partial charge in [-0.3, -0.25) is 4.79 Å². The van der Waals surface area contributed by atoms with E-state index in [0.29, 0.717) is 18.1 Å². The van der Waals surface area contributed by atoms with Crippen molar-refractivity contribution < 1.29 is 9.59 Å². The third kappa shape index (κ3) is 6.32. The Bertz CT molecular complexity index is 909. The number of hydrogen-bond donors (Lipinski definition) is 2. The molecule has 1 heterocycles. The second-order valence-electron chi connectivity index (χ2n) is 9.25. The van der Waals surface area contributed by atoms with Crippen molar-refractivity contribution in [3.05, 3.63) is 40.5 Å². The zero-order chi connectivity index (χ0) is 22.7. The molecular formula is C22H32BrN5O2. The summed E-state index contributed by atoms with van der Waals surface area (Å²) < 4.78 is 2.69. The third-order valence-electron chi connectivity index (χ3n) is 4.46. The maximum Gasteiger partial charge on any atom is 0.322 e. The van der Waals surface area contributed by atoms with E-state index in [1.807, 2.05) is 56.6 Å². The van der Waals surface area contributed by atoms with Crippen molar-refractivity contribution in [1.82, 2.24) is 14.7 Å². The molecule has 1 aromatic heterocycles. The third-order valence-corrected chi connectivity index (χ3v) is 4.95. The van der Waals surface area contributed by atoms with Crippen LogP contribution >= 0.6 is 15.9 Å². The van der Waals surface area contributed by atoms with Crippen LogP contribution in [0.15, 0.2) is 34.8 Å². The summed E-state index contributed by atoms with van der Waals surface area (Å²) in [6, 6.07) is 8.90. The lowest BCUT2D eigenvalue weighted by Gasteiger charge is -2.24. The molecule has 0 spiro atoms. The van der Waals surface area contributed by atoms with Gasteiger partial charge in [0.1, 0.15) is 12.4 Å². The lowest BCUT2D eigenvalue weighted by atomic mass is 9.92. The van der Waals surface area contributed by atoms with Gasteiger partial charge in [-0.05, 0) is 45.9 Å². The Kier molecular flexibility index (Phi) is 7.34. The topological polar surface area (TPSA) is 79.3 Å². The quantitative estimate of drug-likeness (QED) is 0.621. The van der Waals surface area contributed by atoms with Gasteiger partial charge in [0.25, 0.3) is 0 Å². The first kappa shape index (κ1) is 23.9. The number of rotatable bonds is 5. The minimum absolute atomic E-state index is 0.0590. The first-order valence-corrected chi connectivity index (χ1v) is 10.8. The number of carbonyl (C=O) groups is 2. The Hall–Kier alpha value is -2.35. The van der Waals surface area contributed by atoms with E-state index in [4.69, 9.17) is 5.10 Å². The van der Waals surface area contributed by atoms with Crippen molar-refractivity contribution in [2.75, 3.05) is 23.7 Å². The van der Waals surface area contributed by atoms with Crippen LogP contribution in [0.4, 0.5) is 16.3 Å².